The summed E-state index contributed by atoms with van der Waals surface area (Å²) in [5.74, 6) is 0.931. The first-order valence-corrected chi connectivity index (χ1v) is 5.49. The second-order valence-electron chi connectivity index (χ2n) is 4.18. The Labute approximate surface area is 93.9 Å². The minimum atomic E-state index is 0.160. The van der Waals surface area contributed by atoms with Crippen molar-refractivity contribution in [3.8, 4) is 0 Å². The van der Waals surface area contributed by atoms with Crippen LogP contribution in [-0.4, -0.2) is 46.5 Å². The fourth-order valence-corrected chi connectivity index (χ4v) is 2.02. The molecule has 0 bridgehead atoms. The van der Waals surface area contributed by atoms with Gasteiger partial charge in [-0.25, -0.2) is 15.3 Å². The molecule has 0 saturated carbocycles. The van der Waals surface area contributed by atoms with E-state index in [0.29, 0.717) is 0 Å². The molecular formula is C11H14N5. The van der Waals surface area contributed by atoms with E-state index >= 15 is 0 Å². The molecule has 0 aromatic carbocycles. The lowest BCUT2D eigenvalue weighted by molar-refractivity contribution is 0.232. The zero-order valence-corrected chi connectivity index (χ0v) is 9.22. The zero-order chi connectivity index (χ0) is 11.0. The summed E-state index contributed by atoms with van der Waals surface area (Å²) >= 11 is 0. The Morgan fingerprint density at radius 2 is 2.44 bits per heavy atom. The van der Waals surface area contributed by atoms with Crippen molar-refractivity contribution < 1.29 is 0 Å². The minimum absolute atomic E-state index is 0.160. The van der Waals surface area contributed by atoms with Crippen molar-refractivity contribution >= 4 is 11.2 Å². The number of pyridine rings is 1. The van der Waals surface area contributed by atoms with E-state index in [0.717, 1.165) is 36.6 Å². The summed E-state index contributed by atoms with van der Waals surface area (Å²) < 4.78 is 0. The van der Waals surface area contributed by atoms with Crippen LogP contribution in [0.2, 0.25) is 0 Å². The van der Waals surface area contributed by atoms with E-state index < -0.39 is 0 Å². The van der Waals surface area contributed by atoms with Crippen LogP contribution in [0.1, 0.15) is 11.9 Å². The summed E-state index contributed by atoms with van der Waals surface area (Å²) in [6, 6.07) is 4.03. The second kappa shape index (κ2) is 3.84. The van der Waals surface area contributed by atoms with Crippen LogP contribution in [0.15, 0.2) is 18.3 Å². The standard InChI is InChI=1S/C11H14N5/c1-16-6-5-12-9(7-16)11-14-8-3-2-4-13-10(8)15-11/h2-4,9H,5-7H2,1H3,(H,13,14,15). The smallest absolute Gasteiger partial charge is 0.157 e. The summed E-state index contributed by atoms with van der Waals surface area (Å²) in [6.45, 7) is 2.85. The summed E-state index contributed by atoms with van der Waals surface area (Å²) in [5.41, 5.74) is 1.77. The number of fused-ring (bicyclic) bond motifs is 1. The van der Waals surface area contributed by atoms with Gasteiger partial charge in [0, 0.05) is 25.8 Å². The third-order valence-corrected chi connectivity index (χ3v) is 2.91. The number of aromatic nitrogens is 3. The average Bonchev–Trinajstić information content (AvgIpc) is 2.72. The van der Waals surface area contributed by atoms with E-state index in [1.807, 2.05) is 12.1 Å². The molecule has 16 heavy (non-hydrogen) atoms. The molecule has 3 heterocycles. The number of imidazole rings is 1. The quantitative estimate of drug-likeness (QED) is 0.757. The topological polar surface area (TPSA) is 58.9 Å². The monoisotopic (exact) mass is 216 g/mol. The molecule has 1 radical (unpaired) electrons. The number of hydrogen-bond acceptors (Lipinski definition) is 3. The lowest BCUT2D eigenvalue weighted by Gasteiger charge is -2.27. The third kappa shape index (κ3) is 1.68. The molecule has 1 N–H and O–H groups in total. The van der Waals surface area contributed by atoms with Crippen LogP contribution >= 0.6 is 0 Å². The number of nitrogens with zero attached hydrogens (tertiary/aromatic N) is 4. The van der Waals surface area contributed by atoms with Crippen molar-refractivity contribution in [1.82, 2.24) is 25.2 Å². The first kappa shape index (κ1) is 9.74. The van der Waals surface area contributed by atoms with Gasteiger partial charge in [0.2, 0.25) is 0 Å². The van der Waals surface area contributed by atoms with E-state index in [4.69, 9.17) is 0 Å². The van der Waals surface area contributed by atoms with Crippen LogP contribution in [0.25, 0.3) is 11.2 Å². The fourth-order valence-electron chi connectivity index (χ4n) is 2.02. The highest BCUT2D eigenvalue weighted by Crippen LogP contribution is 2.17. The van der Waals surface area contributed by atoms with Gasteiger partial charge in [-0.05, 0) is 19.2 Å². The van der Waals surface area contributed by atoms with E-state index in [-0.39, 0.29) is 6.04 Å². The molecule has 5 nitrogen and oxygen atoms in total. The Balaban J connectivity index is 1.93. The third-order valence-electron chi connectivity index (χ3n) is 2.91. The van der Waals surface area contributed by atoms with Gasteiger partial charge in [-0.1, -0.05) is 0 Å². The Morgan fingerprint density at radius 1 is 1.50 bits per heavy atom. The number of likely N-dealkylation sites (N-methyl/N-ethyl adjacent to an activating group) is 1. The van der Waals surface area contributed by atoms with Crippen LogP contribution in [0, 0.1) is 0 Å². The van der Waals surface area contributed by atoms with Crippen molar-refractivity contribution in [2.45, 2.75) is 6.04 Å². The molecule has 1 saturated heterocycles. The van der Waals surface area contributed by atoms with Gasteiger partial charge in [-0.15, -0.1) is 0 Å². The Kier molecular flexibility index (Phi) is 2.34. The Hall–Kier alpha value is -1.46. The van der Waals surface area contributed by atoms with E-state index in [9.17, 15) is 0 Å². The van der Waals surface area contributed by atoms with Crippen molar-refractivity contribution in [3.05, 3.63) is 24.2 Å². The normalized spacial score (nSPS) is 22.7. The highest BCUT2D eigenvalue weighted by molar-refractivity contribution is 5.70. The van der Waals surface area contributed by atoms with Crippen molar-refractivity contribution in [2.24, 2.45) is 0 Å². The average molecular weight is 216 g/mol. The highest BCUT2D eigenvalue weighted by atomic mass is 15.2. The fraction of sp³-hybridized carbons (Fsp3) is 0.455. The molecule has 1 fully saturated rings. The van der Waals surface area contributed by atoms with E-state index in [1.165, 1.54) is 0 Å². The summed E-state index contributed by atoms with van der Waals surface area (Å²) in [4.78, 5) is 14.3. The van der Waals surface area contributed by atoms with Gasteiger partial charge in [0.1, 0.15) is 11.3 Å². The summed E-state index contributed by atoms with van der Waals surface area (Å²) in [5, 5.41) is 4.58. The van der Waals surface area contributed by atoms with Gasteiger partial charge in [0.15, 0.2) is 5.65 Å². The molecule has 2 aromatic rings. The highest BCUT2D eigenvalue weighted by Gasteiger charge is 2.22. The number of H-pyrrole nitrogens is 1. The number of piperazine rings is 1. The SMILES string of the molecule is CN1CC[N]C(c2nc3cccnc3[nH]2)C1. The lowest BCUT2D eigenvalue weighted by Crippen LogP contribution is -2.40. The van der Waals surface area contributed by atoms with Gasteiger partial charge in [-0.3, -0.25) is 0 Å². The van der Waals surface area contributed by atoms with Crippen LogP contribution in [0.4, 0.5) is 0 Å². The van der Waals surface area contributed by atoms with Gasteiger partial charge >= 0.3 is 0 Å². The molecule has 3 rings (SSSR count). The van der Waals surface area contributed by atoms with Gasteiger partial charge < -0.3 is 9.88 Å². The van der Waals surface area contributed by atoms with Crippen LogP contribution in [-0.2, 0) is 0 Å². The molecule has 2 aromatic heterocycles. The van der Waals surface area contributed by atoms with Crippen LogP contribution < -0.4 is 5.32 Å². The lowest BCUT2D eigenvalue weighted by atomic mass is 10.2. The molecule has 0 amide bonds. The molecule has 0 spiro atoms. The number of nitrogens with one attached hydrogen (secondary N) is 1. The largest absolute Gasteiger partial charge is 0.325 e. The summed E-state index contributed by atoms with van der Waals surface area (Å²) in [7, 11) is 2.11. The Bertz CT molecular complexity index is 459. The molecule has 1 atom stereocenters. The second-order valence-corrected chi connectivity index (χ2v) is 4.18. The maximum absolute atomic E-state index is 4.58. The van der Waals surface area contributed by atoms with E-state index in [2.05, 4.69) is 32.2 Å². The van der Waals surface area contributed by atoms with Crippen molar-refractivity contribution in [1.29, 1.82) is 0 Å². The maximum Gasteiger partial charge on any atom is 0.157 e. The molecule has 83 valence electrons. The Morgan fingerprint density at radius 3 is 3.25 bits per heavy atom. The number of aromatic amines is 1. The molecule has 1 aliphatic heterocycles. The predicted octanol–water partition coefficient (Wildman–Crippen LogP) is 0.549. The summed E-state index contributed by atoms with van der Waals surface area (Å²) in [6.07, 6.45) is 1.77. The molecule has 0 aliphatic carbocycles. The predicted molar refractivity (Wildman–Crippen MR) is 61.1 cm³/mol. The molecule has 5 heteroatoms. The molecule has 1 aliphatic rings. The molecule has 1 unspecified atom stereocenters. The first-order valence-electron chi connectivity index (χ1n) is 5.49. The number of rotatable bonds is 1. The zero-order valence-electron chi connectivity index (χ0n) is 9.22. The van der Waals surface area contributed by atoms with Gasteiger partial charge in [0.05, 0.1) is 6.04 Å². The van der Waals surface area contributed by atoms with Gasteiger partial charge in [0.25, 0.3) is 0 Å². The van der Waals surface area contributed by atoms with Crippen LogP contribution in [0.3, 0.4) is 0 Å². The maximum atomic E-state index is 4.58. The van der Waals surface area contributed by atoms with Crippen LogP contribution in [0.5, 0.6) is 0 Å². The molecular weight excluding hydrogens is 202 g/mol. The number of hydrogen-bond donors (Lipinski definition) is 1. The van der Waals surface area contributed by atoms with Gasteiger partial charge in [-0.2, -0.15) is 0 Å². The van der Waals surface area contributed by atoms with Crippen molar-refractivity contribution in [3.63, 3.8) is 0 Å². The van der Waals surface area contributed by atoms with Crippen molar-refractivity contribution in [2.75, 3.05) is 26.7 Å². The minimum Gasteiger partial charge on any atom is -0.325 e. The van der Waals surface area contributed by atoms with E-state index in [1.54, 1.807) is 6.20 Å². The first-order chi connectivity index (χ1) is 7.83.